The fourth-order valence-electron chi connectivity index (χ4n) is 0.206. The molecule has 0 saturated heterocycles. The molecule has 0 rings (SSSR count). The van der Waals surface area contributed by atoms with Crippen molar-refractivity contribution < 1.29 is 71.9 Å². The quantitative estimate of drug-likeness (QED) is 0.308. The van der Waals surface area contributed by atoms with E-state index < -0.39 is 11.2 Å². The first-order valence-corrected chi connectivity index (χ1v) is 3.18. The van der Waals surface area contributed by atoms with Crippen LogP contribution in [0.3, 0.4) is 0 Å². The molecule has 0 aliphatic heterocycles. The summed E-state index contributed by atoms with van der Waals surface area (Å²) in [5.74, 6) is -0.921. The summed E-state index contributed by atoms with van der Waals surface area (Å²) in [6.45, 7) is 1.69. The molecule has 0 saturated carbocycles. The van der Waals surface area contributed by atoms with Crippen LogP contribution in [0.1, 0.15) is 9.78 Å². The number of hydrogen-bond acceptors (Lipinski definition) is 3. The largest absolute Gasteiger partial charge is 1.00 e. The maximum atomic E-state index is 10.0. The first-order chi connectivity index (χ1) is 3.55. The van der Waals surface area contributed by atoms with Crippen LogP contribution in [0.25, 0.3) is 0 Å². The van der Waals surface area contributed by atoms with E-state index in [1.165, 1.54) is 0 Å². The summed E-state index contributed by atoms with van der Waals surface area (Å²) in [4.78, 5) is 10.0. The Morgan fingerprint density at radius 3 is 1.80 bits per heavy atom. The molecule has 0 spiro atoms. The van der Waals surface area contributed by atoms with Crippen molar-refractivity contribution in [3.05, 3.63) is 0 Å². The molecule has 2 nitrogen and oxygen atoms in total. The van der Waals surface area contributed by atoms with Crippen molar-refractivity contribution in [3.63, 3.8) is 0 Å². The Balaban J connectivity index is -0.0000000408. The van der Waals surface area contributed by atoms with Gasteiger partial charge < -0.3 is 7.96 Å². The molecule has 0 heterocycles. The predicted octanol–water partition coefficient (Wildman–Crippen LogP) is -5.08. The Kier molecular flexibility index (Phi) is 16.7. The van der Waals surface area contributed by atoms with Gasteiger partial charge in [-0.1, -0.05) is 6.92 Å². The van der Waals surface area contributed by atoms with Gasteiger partial charge in [-0.3, -0.25) is 4.79 Å². The minimum atomic E-state index is -0.921. The molecular formula is C4H10Na2O2S2. The summed E-state index contributed by atoms with van der Waals surface area (Å²) in [6, 6.07) is 0. The minimum Gasteiger partial charge on any atom is -1.00 e. The average molecular weight is 200 g/mol. The normalized spacial score (nSPS) is 13.9. The zero-order valence-corrected chi connectivity index (χ0v) is 12.2. The van der Waals surface area contributed by atoms with Crippen LogP contribution in [0, 0.1) is 0 Å². The van der Waals surface area contributed by atoms with E-state index in [2.05, 4.69) is 25.3 Å². The van der Waals surface area contributed by atoms with Crippen LogP contribution in [-0.4, -0.2) is 21.6 Å². The van der Waals surface area contributed by atoms with Gasteiger partial charge in [0.25, 0.3) is 0 Å². The Morgan fingerprint density at radius 1 is 1.50 bits per heavy atom. The molecule has 0 aromatic heterocycles. The second kappa shape index (κ2) is 9.26. The van der Waals surface area contributed by atoms with Gasteiger partial charge in [-0.25, -0.2) is 0 Å². The SMILES string of the molecule is CC(S)C(S)C(=O)O.[H-].[H-].[Na+].[Na+]. The molecule has 0 amide bonds. The van der Waals surface area contributed by atoms with Gasteiger partial charge in [0.05, 0.1) is 0 Å². The first kappa shape index (κ1) is 18.1. The Bertz CT molecular complexity index is 107. The van der Waals surface area contributed by atoms with E-state index in [1.54, 1.807) is 6.92 Å². The summed E-state index contributed by atoms with van der Waals surface area (Å²) >= 11 is 7.62. The number of hydrogen-bond donors (Lipinski definition) is 3. The summed E-state index contributed by atoms with van der Waals surface area (Å²) < 4.78 is 0. The molecule has 2 atom stereocenters. The molecule has 0 aliphatic rings. The monoisotopic (exact) mass is 200 g/mol. The molecule has 10 heavy (non-hydrogen) atoms. The number of carbonyl (C=O) groups is 1. The number of carboxylic acids is 1. The summed E-state index contributed by atoms with van der Waals surface area (Å²) in [7, 11) is 0. The van der Waals surface area contributed by atoms with Gasteiger partial charge in [-0.05, 0) is 0 Å². The Hall–Kier alpha value is 2.17. The minimum absolute atomic E-state index is 0. The van der Waals surface area contributed by atoms with Gasteiger partial charge in [0.1, 0.15) is 5.25 Å². The third-order valence-electron chi connectivity index (χ3n) is 0.710. The Labute approximate surface area is 119 Å². The molecule has 0 bridgehead atoms. The van der Waals surface area contributed by atoms with Gasteiger partial charge in [-0.2, -0.15) is 25.3 Å². The van der Waals surface area contributed by atoms with Crippen molar-refractivity contribution in [1.29, 1.82) is 0 Å². The van der Waals surface area contributed by atoms with Crippen molar-refractivity contribution in [2.24, 2.45) is 0 Å². The smallest absolute Gasteiger partial charge is 1.00 e. The van der Waals surface area contributed by atoms with E-state index in [4.69, 9.17) is 5.11 Å². The van der Waals surface area contributed by atoms with Crippen LogP contribution in [0.4, 0.5) is 0 Å². The fourth-order valence-corrected chi connectivity index (χ4v) is 0.334. The number of thiol groups is 2. The van der Waals surface area contributed by atoms with E-state index in [-0.39, 0.29) is 67.2 Å². The predicted molar refractivity (Wildman–Crippen MR) is 41.1 cm³/mol. The van der Waals surface area contributed by atoms with Crippen LogP contribution >= 0.6 is 25.3 Å². The first-order valence-electron chi connectivity index (χ1n) is 2.14. The third-order valence-corrected chi connectivity index (χ3v) is 1.91. The molecule has 0 fully saturated rings. The maximum absolute atomic E-state index is 10.0. The molecule has 1 N–H and O–H groups in total. The van der Waals surface area contributed by atoms with Gasteiger partial charge in [-0.15, -0.1) is 0 Å². The molecule has 6 heteroatoms. The molecule has 0 radical (unpaired) electrons. The molecule has 0 aliphatic carbocycles. The number of carboxylic acid groups (broad SMARTS) is 1. The van der Waals surface area contributed by atoms with Crippen molar-refractivity contribution in [3.8, 4) is 0 Å². The van der Waals surface area contributed by atoms with Crippen LogP contribution in [0.15, 0.2) is 0 Å². The zero-order valence-electron chi connectivity index (χ0n) is 8.40. The van der Waals surface area contributed by atoms with Gasteiger partial charge in [0.15, 0.2) is 0 Å². The van der Waals surface area contributed by atoms with E-state index in [0.717, 1.165) is 0 Å². The zero-order chi connectivity index (χ0) is 6.73. The molecule has 2 unspecified atom stereocenters. The van der Waals surface area contributed by atoms with Crippen LogP contribution in [0.2, 0.25) is 0 Å². The van der Waals surface area contributed by atoms with Crippen LogP contribution < -0.4 is 59.1 Å². The maximum Gasteiger partial charge on any atom is 1.00 e. The molecule has 0 aromatic rings. The molecular weight excluding hydrogens is 190 g/mol. The van der Waals surface area contributed by atoms with E-state index >= 15 is 0 Å². The van der Waals surface area contributed by atoms with Crippen LogP contribution in [0.5, 0.6) is 0 Å². The number of aliphatic carboxylic acids is 1. The van der Waals surface area contributed by atoms with Gasteiger partial charge >= 0.3 is 65.1 Å². The average Bonchev–Trinajstić information content (AvgIpc) is 1.64. The summed E-state index contributed by atoms with van der Waals surface area (Å²) in [6.07, 6.45) is 0. The summed E-state index contributed by atoms with van der Waals surface area (Å²) in [5.41, 5.74) is 0. The molecule has 0 aromatic carbocycles. The summed E-state index contributed by atoms with van der Waals surface area (Å²) in [5, 5.41) is 7.37. The van der Waals surface area contributed by atoms with Crippen molar-refractivity contribution >= 4 is 31.2 Å². The van der Waals surface area contributed by atoms with Gasteiger partial charge in [0.2, 0.25) is 0 Å². The second-order valence-corrected chi connectivity index (χ2v) is 2.89. The number of rotatable bonds is 2. The third kappa shape index (κ3) is 8.27. The van der Waals surface area contributed by atoms with Gasteiger partial charge in [0, 0.05) is 5.25 Å². The van der Waals surface area contributed by atoms with E-state index in [1.807, 2.05) is 0 Å². The van der Waals surface area contributed by atoms with Crippen LogP contribution in [-0.2, 0) is 4.79 Å². The second-order valence-electron chi connectivity index (χ2n) is 1.52. The topological polar surface area (TPSA) is 37.3 Å². The van der Waals surface area contributed by atoms with Crippen molar-refractivity contribution in [1.82, 2.24) is 0 Å². The fraction of sp³-hybridized carbons (Fsp3) is 0.750. The van der Waals surface area contributed by atoms with Crippen molar-refractivity contribution in [2.45, 2.75) is 17.4 Å². The standard InChI is InChI=1S/C4H8O2S2.2Na.2H/c1-2(7)3(8)4(5)6;;;;/h2-3,7-8H,1H3,(H,5,6);;;;/q;2*+1;2*-1. The molecule has 52 valence electrons. The Morgan fingerprint density at radius 2 is 1.80 bits per heavy atom. The van der Waals surface area contributed by atoms with E-state index in [0.29, 0.717) is 0 Å². The van der Waals surface area contributed by atoms with E-state index in [9.17, 15) is 4.79 Å². The van der Waals surface area contributed by atoms with Crippen molar-refractivity contribution in [2.75, 3.05) is 0 Å².